The average Bonchev–Trinajstić information content (AvgIpc) is 2.86. The van der Waals surface area contributed by atoms with Gasteiger partial charge in [0.1, 0.15) is 12.2 Å². The van der Waals surface area contributed by atoms with E-state index >= 15 is 4.39 Å². The summed E-state index contributed by atoms with van der Waals surface area (Å²) < 4.78 is 16.9. The molecule has 0 unspecified atom stereocenters. The minimum absolute atomic E-state index is 0.0687. The maximum absolute atomic E-state index is 16.9. The Morgan fingerprint density at radius 2 is 1.93 bits per heavy atom. The van der Waals surface area contributed by atoms with Crippen LogP contribution in [0.2, 0.25) is 0 Å². The van der Waals surface area contributed by atoms with E-state index in [2.05, 4.69) is 0 Å². The smallest absolute Gasteiger partial charge is 0.190 e. The number of fused-ring (bicyclic) bond motifs is 5. The Kier molecular flexibility index (Phi) is 4.20. The van der Waals surface area contributed by atoms with Crippen molar-refractivity contribution < 1.29 is 34.1 Å². The molecule has 0 amide bonds. The second kappa shape index (κ2) is 5.93. The zero-order chi connectivity index (χ0) is 21.6. The lowest BCUT2D eigenvalue weighted by molar-refractivity contribution is -0.218. The Hall–Kier alpha value is -1.70. The topological polar surface area (TPSA) is 112 Å². The minimum Gasteiger partial charge on any atom is -0.390 e. The van der Waals surface area contributed by atoms with Crippen LogP contribution in [-0.4, -0.2) is 56.6 Å². The Bertz CT molecular complexity index is 879. The van der Waals surface area contributed by atoms with Crippen molar-refractivity contribution in [2.24, 2.45) is 28.6 Å². The number of alkyl halides is 1. The van der Waals surface area contributed by atoms with E-state index in [-0.39, 0.29) is 30.0 Å². The first kappa shape index (κ1) is 20.6. The van der Waals surface area contributed by atoms with Gasteiger partial charge in [0, 0.05) is 23.3 Å². The van der Waals surface area contributed by atoms with E-state index in [0.717, 1.165) is 6.08 Å². The minimum atomic E-state index is -2.22. The molecule has 0 aliphatic heterocycles. The molecule has 8 atom stereocenters. The number of hydrogen-bond donors (Lipinski definition) is 3. The van der Waals surface area contributed by atoms with Crippen molar-refractivity contribution in [1.29, 1.82) is 0 Å². The van der Waals surface area contributed by atoms with Crippen LogP contribution in [0, 0.1) is 28.6 Å². The van der Waals surface area contributed by atoms with Gasteiger partial charge in [-0.15, -0.1) is 0 Å². The number of Topliss-reactive ketones (excluding diaryl/α,β-unsaturated/α-hetero) is 2. The van der Waals surface area contributed by atoms with Crippen LogP contribution >= 0.6 is 0 Å². The lowest BCUT2D eigenvalue weighted by Crippen LogP contribution is -2.70. The standard InChI is InChI=1S/C22H27FO6/c1-11-6-13-14-8-16(26)15-7-12(25)4-5-19(15,2)21(14,23)17(27)9-20(13,3)22(11,29)18(28)10-24/h4-5,7,11,13-14,17,24,27,29H,6,8-10H2,1-3H3/t11-,13-,14+,17+,19+,20+,21-,22+/m1/s1. The van der Waals surface area contributed by atoms with Crippen LogP contribution < -0.4 is 0 Å². The van der Waals surface area contributed by atoms with Crippen molar-refractivity contribution in [2.45, 2.75) is 57.4 Å². The van der Waals surface area contributed by atoms with E-state index in [1.807, 2.05) is 0 Å². The molecular formula is C22H27FO6. The summed E-state index contributed by atoms with van der Waals surface area (Å²) in [5, 5.41) is 31.9. The van der Waals surface area contributed by atoms with Crippen LogP contribution in [0.25, 0.3) is 0 Å². The third-order valence-corrected chi connectivity index (χ3v) is 8.63. The highest BCUT2D eigenvalue weighted by Gasteiger charge is 2.76. The molecule has 0 radical (unpaired) electrons. The predicted molar refractivity (Wildman–Crippen MR) is 100 cm³/mol. The molecule has 0 heterocycles. The molecule has 0 spiro atoms. The largest absolute Gasteiger partial charge is 0.390 e. The molecule has 29 heavy (non-hydrogen) atoms. The summed E-state index contributed by atoms with van der Waals surface area (Å²) in [5.74, 6) is -3.51. The molecule has 0 aromatic rings. The van der Waals surface area contributed by atoms with E-state index in [1.54, 1.807) is 13.8 Å². The average molecular weight is 406 g/mol. The number of rotatable bonds is 2. The van der Waals surface area contributed by atoms with E-state index in [1.165, 1.54) is 19.1 Å². The molecule has 0 bridgehead atoms. The van der Waals surface area contributed by atoms with E-state index in [9.17, 15) is 29.7 Å². The molecule has 3 N–H and O–H groups in total. The Morgan fingerprint density at radius 1 is 1.28 bits per heavy atom. The molecule has 0 aromatic carbocycles. The van der Waals surface area contributed by atoms with Gasteiger partial charge in [0.05, 0.1) is 11.5 Å². The fraction of sp³-hybridized carbons (Fsp3) is 0.682. The fourth-order valence-electron chi connectivity index (χ4n) is 7.09. The van der Waals surface area contributed by atoms with Crippen molar-refractivity contribution in [2.75, 3.05) is 6.61 Å². The third kappa shape index (κ3) is 2.13. The van der Waals surface area contributed by atoms with Crippen LogP contribution in [0.3, 0.4) is 0 Å². The van der Waals surface area contributed by atoms with Gasteiger partial charge >= 0.3 is 0 Å². The monoisotopic (exact) mass is 406 g/mol. The molecule has 6 nitrogen and oxygen atoms in total. The maximum atomic E-state index is 16.9. The molecule has 158 valence electrons. The molecule has 3 saturated carbocycles. The Labute approximate surface area is 168 Å². The highest BCUT2D eigenvalue weighted by Crippen LogP contribution is 2.70. The zero-order valence-electron chi connectivity index (χ0n) is 16.8. The number of aliphatic hydroxyl groups is 3. The Balaban J connectivity index is 1.88. The summed E-state index contributed by atoms with van der Waals surface area (Å²) in [5.41, 5.74) is -6.71. The van der Waals surface area contributed by atoms with Gasteiger partial charge in [-0.2, -0.15) is 0 Å². The lowest BCUT2D eigenvalue weighted by atomic mass is 9.44. The van der Waals surface area contributed by atoms with Crippen molar-refractivity contribution in [1.82, 2.24) is 0 Å². The number of carbonyl (C=O) groups is 3. The zero-order valence-corrected chi connectivity index (χ0v) is 16.8. The van der Waals surface area contributed by atoms with Crippen molar-refractivity contribution >= 4 is 17.3 Å². The highest BCUT2D eigenvalue weighted by molar-refractivity contribution is 6.10. The summed E-state index contributed by atoms with van der Waals surface area (Å²) in [6.45, 7) is 4.01. The van der Waals surface area contributed by atoms with Gasteiger partial charge in [0.15, 0.2) is 23.0 Å². The molecular weight excluding hydrogens is 379 g/mol. The van der Waals surface area contributed by atoms with Crippen LogP contribution in [0.15, 0.2) is 23.8 Å². The van der Waals surface area contributed by atoms with Gasteiger partial charge in [0.2, 0.25) is 0 Å². The van der Waals surface area contributed by atoms with E-state index < -0.39 is 58.3 Å². The second-order valence-electron chi connectivity index (χ2n) is 9.73. The number of allylic oxidation sites excluding steroid dienone is 4. The van der Waals surface area contributed by atoms with E-state index in [0.29, 0.717) is 6.42 Å². The van der Waals surface area contributed by atoms with Crippen molar-refractivity contribution in [3.05, 3.63) is 23.8 Å². The van der Waals surface area contributed by atoms with Crippen LogP contribution in [0.4, 0.5) is 4.39 Å². The van der Waals surface area contributed by atoms with Crippen molar-refractivity contribution in [3.8, 4) is 0 Å². The Morgan fingerprint density at radius 3 is 2.55 bits per heavy atom. The molecule has 4 rings (SSSR count). The van der Waals surface area contributed by atoms with Gasteiger partial charge in [-0.3, -0.25) is 14.4 Å². The quantitative estimate of drug-likeness (QED) is 0.633. The summed E-state index contributed by atoms with van der Waals surface area (Å²) >= 11 is 0. The lowest BCUT2D eigenvalue weighted by Gasteiger charge is -2.62. The predicted octanol–water partition coefficient (Wildman–Crippen LogP) is 1.07. The first-order valence-corrected chi connectivity index (χ1v) is 10.1. The number of halogens is 1. The van der Waals surface area contributed by atoms with E-state index in [4.69, 9.17) is 0 Å². The van der Waals surface area contributed by atoms with Gasteiger partial charge in [0.25, 0.3) is 0 Å². The third-order valence-electron chi connectivity index (χ3n) is 8.63. The summed E-state index contributed by atoms with van der Waals surface area (Å²) in [4.78, 5) is 37.3. The molecule has 0 aromatic heterocycles. The van der Waals surface area contributed by atoms with Crippen LogP contribution in [0.1, 0.15) is 40.0 Å². The first-order valence-electron chi connectivity index (χ1n) is 10.1. The number of aliphatic hydroxyl groups excluding tert-OH is 2. The molecule has 3 fully saturated rings. The SMILES string of the molecule is C[C@@H]1C[C@@H]2[C@@H]3CC(=O)C4=CC(=O)C=C[C@]4(C)[C@]3(F)[C@@H](O)C[C@]2(C)[C@@]1(O)C(=O)CO. The van der Waals surface area contributed by atoms with Gasteiger partial charge in [-0.05, 0) is 43.8 Å². The number of hydrogen-bond acceptors (Lipinski definition) is 6. The summed E-state index contributed by atoms with van der Waals surface area (Å²) in [6, 6.07) is 0. The first-order chi connectivity index (χ1) is 13.4. The summed E-state index contributed by atoms with van der Waals surface area (Å²) in [7, 11) is 0. The summed E-state index contributed by atoms with van der Waals surface area (Å²) in [6.07, 6.45) is 2.11. The molecule has 4 aliphatic carbocycles. The number of ketones is 3. The molecule has 0 saturated heterocycles. The molecule has 7 heteroatoms. The normalized spacial score (nSPS) is 51.2. The van der Waals surface area contributed by atoms with Crippen LogP contribution in [-0.2, 0) is 14.4 Å². The highest BCUT2D eigenvalue weighted by atomic mass is 19.1. The number of carbonyl (C=O) groups excluding carboxylic acids is 3. The molecule has 4 aliphatic rings. The van der Waals surface area contributed by atoms with Gasteiger partial charge in [-0.1, -0.05) is 19.9 Å². The van der Waals surface area contributed by atoms with Crippen LogP contribution in [0.5, 0.6) is 0 Å². The van der Waals surface area contributed by atoms with Gasteiger partial charge in [-0.25, -0.2) is 4.39 Å². The van der Waals surface area contributed by atoms with Crippen molar-refractivity contribution in [3.63, 3.8) is 0 Å². The maximum Gasteiger partial charge on any atom is 0.190 e. The van der Waals surface area contributed by atoms with Gasteiger partial charge < -0.3 is 15.3 Å². The second-order valence-corrected chi connectivity index (χ2v) is 9.73. The fourth-order valence-corrected chi connectivity index (χ4v) is 7.09.